The second-order valence-corrected chi connectivity index (χ2v) is 7.35. The van der Waals surface area contributed by atoms with Crippen molar-refractivity contribution in [3.8, 4) is 0 Å². The van der Waals surface area contributed by atoms with Gasteiger partial charge in [0.15, 0.2) is 0 Å². The highest BCUT2D eigenvalue weighted by molar-refractivity contribution is 7.89. The Labute approximate surface area is 113 Å². The quantitative estimate of drug-likeness (QED) is 0.768. The summed E-state index contributed by atoms with van der Waals surface area (Å²) in [5, 5.41) is 16.7. The normalized spacial score (nSPS) is 28.5. The number of H-pyrrole nitrogens is 1. The molecule has 2 unspecified atom stereocenters. The van der Waals surface area contributed by atoms with Crippen LogP contribution in [0.2, 0.25) is 0 Å². The van der Waals surface area contributed by atoms with Gasteiger partial charge >= 0.3 is 0 Å². The standard InChI is InChI=1S/C12H21N3O3S/c1-9-4-3-5-12(16,6-9)8-14-19(17,18)11-7-13-15-10(11)2/h7,9,14,16H,3-6,8H2,1-2H3,(H,13,15). The molecular weight excluding hydrogens is 266 g/mol. The summed E-state index contributed by atoms with van der Waals surface area (Å²) in [5.41, 5.74) is -0.431. The lowest BCUT2D eigenvalue weighted by Crippen LogP contribution is -2.45. The van der Waals surface area contributed by atoms with Crippen molar-refractivity contribution in [1.82, 2.24) is 14.9 Å². The minimum Gasteiger partial charge on any atom is -0.389 e. The summed E-state index contributed by atoms with van der Waals surface area (Å²) in [6.45, 7) is 3.79. The Morgan fingerprint density at radius 2 is 2.37 bits per heavy atom. The van der Waals surface area contributed by atoms with Crippen LogP contribution in [-0.2, 0) is 10.0 Å². The van der Waals surface area contributed by atoms with Crippen LogP contribution in [0, 0.1) is 12.8 Å². The first-order valence-electron chi connectivity index (χ1n) is 6.54. The third kappa shape index (κ3) is 3.34. The van der Waals surface area contributed by atoms with Gasteiger partial charge in [-0.2, -0.15) is 5.10 Å². The van der Waals surface area contributed by atoms with E-state index in [1.165, 1.54) is 6.20 Å². The summed E-state index contributed by atoms with van der Waals surface area (Å²) in [6, 6.07) is 0. The van der Waals surface area contributed by atoms with Crippen LogP contribution >= 0.6 is 0 Å². The Bertz CT molecular complexity index is 540. The number of nitrogens with zero attached hydrogens (tertiary/aromatic N) is 1. The molecule has 0 aliphatic heterocycles. The number of hydrogen-bond acceptors (Lipinski definition) is 4. The molecule has 19 heavy (non-hydrogen) atoms. The number of nitrogens with one attached hydrogen (secondary N) is 2. The maximum Gasteiger partial charge on any atom is 0.244 e. The van der Waals surface area contributed by atoms with E-state index < -0.39 is 15.6 Å². The average Bonchev–Trinajstić information content (AvgIpc) is 2.74. The van der Waals surface area contributed by atoms with E-state index in [1.807, 2.05) is 0 Å². The molecule has 0 spiro atoms. The number of hydrogen-bond donors (Lipinski definition) is 3. The molecule has 1 fully saturated rings. The van der Waals surface area contributed by atoms with E-state index in [9.17, 15) is 13.5 Å². The van der Waals surface area contributed by atoms with E-state index in [2.05, 4.69) is 21.8 Å². The number of aromatic amines is 1. The molecule has 2 atom stereocenters. The second kappa shape index (κ2) is 5.22. The molecule has 0 bridgehead atoms. The first kappa shape index (κ1) is 14.5. The van der Waals surface area contributed by atoms with E-state index in [-0.39, 0.29) is 11.4 Å². The fourth-order valence-corrected chi connectivity index (χ4v) is 3.96. The van der Waals surface area contributed by atoms with Gasteiger partial charge in [-0.15, -0.1) is 0 Å². The van der Waals surface area contributed by atoms with Crippen molar-refractivity contribution in [3.05, 3.63) is 11.9 Å². The van der Waals surface area contributed by atoms with Gasteiger partial charge in [-0.1, -0.05) is 19.8 Å². The molecule has 1 aliphatic carbocycles. The monoisotopic (exact) mass is 287 g/mol. The van der Waals surface area contributed by atoms with E-state index in [1.54, 1.807) is 6.92 Å². The van der Waals surface area contributed by atoms with Crippen molar-refractivity contribution in [3.63, 3.8) is 0 Å². The van der Waals surface area contributed by atoms with Crippen molar-refractivity contribution in [1.29, 1.82) is 0 Å². The van der Waals surface area contributed by atoms with Crippen LogP contribution < -0.4 is 4.72 Å². The number of aryl methyl sites for hydroxylation is 1. The molecule has 2 rings (SSSR count). The molecule has 7 heteroatoms. The van der Waals surface area contributed by atoms with Gasteiger partial charge in [-0.25, -0.2) is 13.1 Å². The fraction of sp³-hybridized carbons (Fsp3) is 0.750. The second-order valence-electron chi connectivity index (χ2n) is 5.61. The van der Waals surface area contributed by atoms with Crippen LogP contribution in [0.3, 0.4) is 0 Å². The zero-order chi connectivity index (χ0) is 14.1. The lowest BCUT2D eigenvalue weighted by molar-refractivity contribution is -0.00751. The SMILES string of the molecule is Cc1[nH]ncc1S(=O)(=O)NCC1(O)CCCC(C)C1. The van der Waals surface area contributed by atoms with E-state index >= 15 is 0 Å². The maximum absolute atomic E-state index is 12.1. The van der Waals surface area contributed by atoms with Crippen molar-refractivity contribution < 1.29 is 13.5 Å². The molecule has 1 aromatic heterocycles. The topological polar surface area (TPSA) is 95.1 Å². The first-order chi connectivity index (χ1) is 8.82. The Hall–Kier alpha value is -0.920. The van der Waals surface area contributed by atoms with Crippen LogP contribution in [0.15, 0.2) is 11.1 Å². The molecular formula is C12H21N3O3S. The number of rotatable bonds is 4. The fourth-order valence-electron chi connectivity index (χ4n) is 2.71. The van der Waals surface area contributed by atoms with Gasteiger partial charge in [-0.05, 0) is 25.7 Å². The highest BCUT2D eigenvalue weighted by atomic mass is 32.2. The zero-order valence-electron chi connectivity index (χ0n) is 11.3. The molecule has 6 nitrogen and oxygen atoms in total. The van der Waals surface area contributed by atoms with Crippen LogP contribution in [0.5, 0.6) is 0 Å². The van der Waals surface area contributed by atoms with Crippen LogP contribution in [0.1, 0.15) is 38.3 Å². The molecule has 1 aromatic rings. The predicted molar refractivity (Wildman–Crippen MR) is 71.1 cm³/mol. The highest BCUT2D eigenvalue weighted by Gasteiger charge is 2.34. The van der Waals surface area contributed by atoms with E-state index in [0.29, 0.717) is 24.5 Å². The van der Waals surface area contributed by atoms with Crippen LogP contribution in [0.4, 0.5) is 0 Å². The first-order valence-corrected chi connectivity index (χ1v) is 8.03. The van der Waals surface area contributed by atoms with Crippen molar-refractivity contribution in [2.24, 2.45) is 5.92 Å². The Balaban J connectivity index is 2.04. The molecule has 0 aromatic carbocycles. The van der Waals surface area contributed by atoms with Gasteiger partial charge in [0.25, 0.3) is 0 Å². The zero-order valence-corrected chi connectivity index (χ0v) is 12.1. The Morgan fingerprint density at radius 3 is 2.95 bits per heavy atom. The third-order valence-electron chi connectivity index (χ3n) is 3.73. The highest BCUT2D eigenvalue weighted by Crippen LogP contribution is 2.31. The summed E-state index contributed by atoms with van der Waals surface area (Å²) in [5.74, 6) is 0.430. The number of aliphatic hydroxyl groups is 1. The van der Waals surface area contributed by atoms with Gasteiger partial charge in [0.1, 0.15) is 4.90 Å². The minimum absolute atomic E-state index is 0.0598. The maximum atomic E-state index is 12.1. The largest absolute Gasteiger partial charge is 0.389 e. The lowest BCUT2D eigenvalue weighted by Gasteiger charge is -2.35. The van der Waals surface area contributed by atoms with Crippen molar-refractivity contribution in [2.45, 2.75) is 50.0 Å². The number of sulfonamides is 1. The summed E-state index contributed by atoms with van der Waals surface area (Å²) >= 11 is 0. The van der Waals surface area contributed by atoms with Gasteiger partial charge in [0.05, 0.1) is 17.5 Å². The van der Waals surface area contributed by atoms with Gasteiger partial charge in [0, 0.05) is 6.54 Å². The molecule has 1 saturated carbocycles. The minimum atomic E-state index is -3.61. The van der Waals surface area contributed by atoms with E-state index in [4.69, 9.17) is 0 Å². The smallest absolute Gasteiger partial charge is 0.244 e. The average molecular weight is 287 g/mol. The van der Waals surface area contributed by atoms with E-state index in [0.717, 1.165) is 12.8 Å². The van der Waals surface area contributed by atoms with Crippen LogP contribution in [-0.4, -0.2) is 35.9 Å². The predicted octanol–water partition coefficient (Wildman–Crippen LogP) is 0.938. The molecule has 0 amide bonds. The lowest BCUT2D eigenvalue weighted by atomic mass is 9.79. The summed E-state index contributed by atoms with van der Waals surface area (Å²) in [4.78, 5) is 0.139. The van der Waals surface area contributed by atoms with Crippen LogP contribution in [0.25, 0.3) is 0 Å². The molecule has 108 valence electrons. The Kier molecular flexibility index (Phi) is 3.98. The molecule has 0 saturated heterocycles. The summed E-state index contributed by atoms with van der Waals surface area (Å²) < 4.78 is 26.7. The summed E-state index contributed by atoms with van der Waals surface area (Å²) in [7, 11) is -3.61. The third-order valence-corrected chi connectivity index (χ3v) is 5.25. The van der Waals surface area contributed by atoms with Gasteiger partial charge in [0.2, 0.25) is 10.0 Å². The van der Waals surface area contributed by atoms with Crippen molar-refractivity contribution in [2.75, 3.05) is 6.54 Å². The summed E-state index contributed by atoms with van der Waals surface area (Å²) in [6.07, 6.45) is 4.59. The number of aromatic nitrogens is 2. The molecule has 1 heterocycles. The Morgan fingerprint density at radius 1 is 1.63 bits per heavy atom. The molecule has 1 aliphatic rings. The van der Waals surface area contributed by atoms with Gasteiger partial charge in [-0.3, -0.25) is 5.10 Å². The van der Waals surface area contributed by atoms with Gasteiger partial charge < -0.3 is 5.11 Å². The molecule has 3 N–H and O–H groups in total. The van der Waals surface area contributed by atoms with Crippen molar-refractivity contribution >= 4 is 10.0 Å². The molecule has 0 radical (unpaired) electrons.